The molecule has 0 saturated heterocycles. The summed E-state index contributed by atoms with van der Waals surface area (Å²) in [6.07, 6.45) is 3.55. The van der Waals surface area contributed by atoms with Crippen molar-refractivity contribution in [1.29, 1.82) is 0 Å². The number of hydrogen-bond acceptors (Lipinski definition) is 4. The number of ether oxygens (including phenoxy) is 1. The fraction of sp³-hybridized carbons (Fsp3) is 0.0435. The zero-order valence-electron chi connectivity index (χ0n) is 15.3. The Labute approximate surface area is 162 Å². The van der Waals surface area contributed by atoms with Gasteiger partial charge in [0.05, 0.1) is 5.70 Å². The van der Waals surface area contributed by atoms with Crippen molar-refractivity contribution in [3.8, 4) is 17.0 Å². The Balaban J connectivity index is 1.71. The van der Waals surface area contributed by atoms with Crippen molar-refractivity contribution >= 4 is 17.3 Å². The van der Waals surface area contributed by atoms with Crippen LogP contribution in [0.2, 0.25) is 0 Å². The number of rotatable bonds is 3. The number of nitrogens with one attached hydrogen (secondary N) is 1. The van der Waals surface area contributed by atoms with Gasteiger partial charge >= 0.3 is 0 Å². The normalized spacial score (nSPS) is 13.2. The molecule has 0 fully saturated rings. The number of hydrogen-bond donors (Lipinski definition) is 1. The second-order valence-electron chi connectivity index (χ2n) is 6.56. The molecule has 0 amide bonds. The molecule has 136 valence electrons. The van der Waals surface area contributed by atoms with Gasteiger partial charge in [-0.1, -0.05) is 60.7 Å². The molecule has 0 bridgehead atoms. The van der Waals surface area contributed by atoms with Crippen LogP contribution in [-0.4, -0.2) is 22.2 Å². The molecule has 5 rings (SSSR count). The van der Waals surface area contributed by atoms with Crippen LogP contribution in [0.25, 0.3) is 22.7 Å². The topological polar surface area (TPSA) is 54.0 Å². The Morgan fingerprint density at radius 2 is 1.50 bits per heavy atom. The fourth-order valence-corrected chi connectivity index (χ4v) is 3.47. The molecule has 2 aromatic heterocycles. The quantitative estimate of drug-likeness (QED) is 0.564. The van der Waals surface area contributed by atoms with Crippen molar-refractivity contribution in [2.24, 2.45) is 0 Å². The SMILES string of the molecule is CN1C(c2ccccc2)=C(c2ccccc2)Oc2c1n[nH]c2-c1cccnc1. The number of fused-ring (bicyclic) bond motifs is 1. The molecule has 1 aliphatic heterocycles. The molecule has 1 N–H and O–H groups in total. The lowest BCUT2D eigenvalue weighted by Gasteiger charge is -2.30. The second-order valence-corrected chi connectivity index (χ2v) is 6.56. The zero-order chi connectivity index (χ0) is 18.9. The summed E-state index contributed by atoms with van der Waals surface area (Å²) < 4.78 is 6.50. The van der Waals surface area contributed by atoms with Crippen LogP contribution in [0.15, 0.2) is 85.2 Å². The van der Waals surface area contributed by atoms with Crippen molar-refractivity contribution in [2.45, 2.75) is 0 Å². The number of pyridine rings is 1. The first-order valence-electron chi connectivity index (χ1n) is 9.08. The maximum Gasteiger partial charge on any atom is 0.198 e. The van der Waals surface area contributed by atoms with Crippen LogP contribution in [0.5, 0.6) is 5.75 Å². The third kappa shape index (κ3) is 2.65. The van der Waals surface area contributed by atoms with E-state index in [9.17, 15) is 0 Å². The first-order valence-corrected chi connectivity index (χ1v) is 9.08. The Morgan fingerprint density at radius 3 is 2.18 bits per heavy atom. The van der Waals surface area contributed by atoms with Gasteiger partial charge in [-0.2, -0.15) is 5.10 Å². The average molecular weight is 366 g/mol. The third-order valence-electron chi connectivity index (χ3n) is 4.81. The number of benzene rings is 2. The maximum absolute atomic E-state index is 6.50. The van der Waals surface area contributed by atoms with Gasteiger partial charge in [0.1, 0.15) is 5.69 Å². The average Bonchev–Trinajstić information content (AvgIpc) is 3.20. The van der Waals surface area contributed by atoms with Crippen molar-refractivity contribution in [3.63, 3.8) is 0 Å². The lowest BCUT2D eigenvalue weighted by Crippen LogP contribution is -2.23. The number of anilines is 1. The summed E-state index contributed by atoms with van der Waals surface area (Å²) in [4.78, 5) is 6.30. The molecule has 2 aromatic carbocycles. The predicted molar refractivity (Wildman–Crippen MR) is 111 cm³/mol. The molecular weight excluding hydrogens is 348 g/mol. The van der Waals surface area contributed by atoms with Gasteiger partial charge in [0.15, 0.2) is 17.3 Å². The number of H-pyrrole nitrogens is 1. The van der Waals surface area contributed by atoms with Gasteiger partial charge in [-0.05, 0) is 12.1 Å². The number of aromatic nitrogens is 3. The summed E-state index contributed by atoms with van der Waals surface area (Å²) in [6.45, 7) is 0. The van der Waals surface area contributed by atoms with E-state index in [2.05, 4.69) is 44.3 Å². The second kappa shape index (κ2) is 6.70. The van der Waals surface area contributed by atoms with E-state index >= 15 is 0 Å². The van der Waals surface area contributed by atoms with E-state index in [1.807, 2.05) is 55.6 Å². The van der Waals surface area contributed by atoms with Crippen molar-refractivity contribution in [2.75, 3.05) is 11.9 Å². The van der Waals surface area contributed by atoms with Gasteiger partial charge < -0.3 is 9.64 Å². The highest BCUT2D eigenvalue weighted by molar-refractivity contribution is 5.99. The summed E-state index contributed by atoms with van der Waals surface area (Å²) >= 11 is 0. The van der Waals surface area contributed by atoms with E-state index in [-0.39, 0.29) is 0 Å². The molecule has 0 radical (unpaired) electrons. The number of nitrogens with zero attached hydrogens (tertiary/aromatic N) is 3. The van der Waals surface area contributed by atoms with E-state index in [1.54, 1.807) is 12.4 Å². The molecule has 5 heteroatoms. The minimum absolute atomic E-state index is 0.703. The largest absolute Gasteiger partial charge is 0.448 e. The summed E-state index contributed by atoms with van der Waals surface area (Å²) in [7, 11) is 2.01. The van der Waals surface area contributed by atoms with Crippen molar-refractivity contribution in [3.05, 3.63) is 96.3 Å². The van der Waals surface area contributed by atoms with Crippen LogP contribution in [0.3, 0.4) is 0 Å². The van der Waals surface area contributed by atoms with E-state index in [0.717, 1.165) is 39.7 Å². The molecule has 1 aliphatic rings. The highest BCUT2D eigenvalue weighted by Gasteiger charge is 2.31. The molecule has 0 aliphatic carbocycles. The van der Waals surface area contributed by atoms with Crippen LogP contribution in [-0.2, 0) is 0 Å². The summed E-state index contributed by atoms with van der Waals surface area (Å²) in [5.74, 6) is 2.25. The van der Waals surface area contributed by atoms with Crippen LogP contribution >= 0.6 is 0 Å². The molecule has 28 heavy (non-hydrogen) atoms. The van der Waals surface area contributed by atoms with Crippen LogP contribution < -0.4 is 9.64 Å². The molecule has 0 spiro atoms. The minimum atomic E-state index is 0.703. The van der Waals surface area contributed by atoms with Crippen LogP contribution in [0.1, 0.15) is 11.1 Å². The zero-order valence-corrected chi connectivity index (χ0v) is 15.3. The monoisotopic (exact) mass is 366 g/mol. The molecule has 0 unspecified atom stereocenters. The van der Waals surface area contributed by atoms with E-state index < -0.39 is 0 Å². The highest BCUT2D eigenvalue weighted by Crippen LogP contribution is 2.46. The molecular formula is C23H18N4O. The van der Waals surface area contributed by atoms with Gasteiger partial charge in [0.25, 0.3) is 0 Å². The van der Waals surface area contributed by atoms with Gasteiger partial charge in [-0.25, -0.2) is 0 Å². The van der Waals surface area contributed by atoms with Crippen LogP contribution in [0, 0.1) is 0 Å². The summed E-state index contributed by atoms with van der Waals surface area (Å²) in [5, 5.41) is 7.66. The predicted octanol–water partition coefficient (Wildman–Crippen LogP) is 4.83. The van der Waals surface area contributed by atoms with Gasteiger partial charge in [0.2, 0.25) is 0 Å². The van der Waals surface area contributed by atoms with E-state index in [4.69, 9.17) is 4.74 Å². The van der Waals surface area contributed by atoms with Crippen molar-refractivity contribution < 1.29 is 4.74 Å². The summed E-state index contributed by atoms with van der Waals surface area (Å²) in [5.41, 5.74) is 4.80. The lowest BCUT2D eigenvalue weighted by molar-refractivity contribution is 0.511. The van der Waals surface area contributed by atoms with E-state index in [1.165, 1.54) is 0 Å². The fourth-order valence-electron chi connectivity index (χ4n) is 3.47. The molecule has 0 saturated carbocycles. The molecule has 5 nitrogen and oxygen atoms in total. The molecule has 3 heterocycles. The molecule has 0 atom stereocenters. The lowest BCUT2D eigenvalue weighted by atomic mass is 10.0. The maximum atomic E-state index is 6.50. The summed E-state index contributed by atoms with van der Waals surface area (Å²) in [6, 6.07) is 24.3. The van der Waals surface area contributed by atoms with Crippen molar-refractivity contribution in [1.82, 2.24) is 15.2 Å². The molecule has 4 aromatic rings. The third-order valence-corrected chi connectivity index (χ3v) is 4.81. The standard InChI is InChI=1S/C23H18N4O/c1-27-20(16-9-4-2-5-10-16)21(17-11-6-3-7-12-17)28-22-19(25-26-23(22)27)18-13-8-14-24-15-18/h2-15H,1H3,(H,25,26). The smallest absolute Gasteiger partial charge is 0.198 e. The minimum Gasteiger partial charge on any atom is -0.448 e. The van der Waals surface area contributed by atoms with Gasteiger partial charge in [-0.3, -0.25) is 10.1 Å². The Kier molecular flexibility index (Phi) is 3.91. The first kappa shape index (κ1) is 16.3. The van der Waals surface area contributed by atoms with E-state index in [0.29, 0.717) is 5.75 Å². The number of aromatic amines is 1. The Morgan fingerprint density at radius 1 is 0.821 bits per heavy atom. The van der Waals surface area contributed by atoms with Crippen LogP contribution in [0.4, 0.5) is 5.82 Å². The highest BCUT2D eigenvalue weighted by atomic mass is 16.5. The Hall–Kier alpha value is -3.86. The van der Waals surface area contributed by atoms with Gasteiger partial charge in [0, 0.05) is 36.1 Å². The van der Waals surface area contributed by atoms with Gasteiger partial charge in [-0.15, -0.1) is 0 Å². The first-order chi connectivity index (χ1) is 13.8. The Bertz CT molecular complexity index is 1140.